The molecule has 1 aliphatic rings. The lowest BCUT2D eigenvalue weighted by Gasteiger charge is -2.34. The van der Waals surface area contributed by atoms with Crippen molar-refractivity contribution >= 4 is 33.2 Å². The molecule has 1 saturated carbocycles. The fraction of sp³-hybridized carbons (Fsp3) is 0.455. The van der Waals surface area contributed by atoms with Crippen molar-refractivity contribution in [1.29, 1.82) is 0 Å². The maximum atomic E-state index is 13.0. The minimum atomic E-state index is -0.320. The zero-order valence-corrected chi connectivity index (χ0v) is 10.7. The van der Waals surface area contributed by atoms with Gasteiger partial charge in [0.15, 0.2) is 0 Å². The third kappa shape index (κ3) is 2.45. The minimum Gasteiger partial charge on any atom is -0.380 e. The molecule has 0 saturated heterocycles. The molecule has 1 aromatic carbocycles. The Balaban J connectivity index is 2.14. The number of halogens is 3. The van der Waals surface area contributed by atoms with Gasteiger partial charge >= 0.3 is 0 Å². The highest BCUT2D eigenvalue weighted by Crippen LogP contribution is 2.36. The summed E-state index contributed by atoms with van der Waals surface area (Å²) in [5.74, 6) is 0.458. The van der Waals surface area contributed by atoms with E-state index in [0.29, 0.717) is 15.5 Å². The van der Waals surface area contributed by atoms with Crippen LogP contribution in [0.1, 0.15) is 19.8 Å². The fourth-order valence-corrected chi connectivity index (χ4v) is 2.83. The smallest absolute Gasteiger partial charge is 0.125 e. The molecule has 82 valence electrons. The van der Waals surface area contributed by atoms with Crippen LogP contribution in [0.5, 0.6) is 0 Å². The van der Waals surface area contributed by atoms with Gasteiger partial charge in [0.2, 0.25) is 0 Å². The van der Waals surface area contributed by atoms with E-state index in [1.54, 1.807) is 0 Å². The Bertz CT molecular complexity index is 354. The van der Waals surface area contributed by atoms with Crippen molar-refractivity contribution in [1.82, 2.24) is 0 Å². The van der Waals surface area contributed by atoms with Crippen molar-refractivity contribution in [3.8, 4) is 0 Å². The summed E-state index contributed by atoms with van der Waals surface area (Å²) in [6, 6.07) is 3.23. The Morgan fingerprint density at radius 3 is 2.67 bits per heavy atom. The number of nitrogens with one attached hydrogen (secondary N) is 1. The van der Waals surface area contributed by atoms with E-state index in [2.05, 4.69) is 28.2 Å². The fourth-order valence-electron chi connectivity index (χ4n) is 1.90. The molecule has 4 heteroatoms. The average molecular weight is 293 g/mol. The molecule has 0 radical (unpaired) electrons. The van der Waals surface area contributed by atoms with Crippen LogP contribution in [0.25, 0.3) is 0 Å². The SMILES string of the molecule is CC1CC(Nc2c(Cl)cc(F)cc2Br)C1. The first kappa shape index (κ1) is 11.2. The van der Waals surface area contributed by atoms with Crippen LogP contribution in [0.15, 0.2) is 16.6 Å². The van der Waals surface area contributed by atoms with E-state index >= 15 is 0 Å². The van der Waals surface area contributed by atoms with E-state index in [4.69, 9.17) is 11.6 Å². The standard InChI is InChI=1S/C11H12BrClFN/c1-6-2-8(3-6)15-11-9(12)4-7(14)5-10(11)13/h4-6,8,15H,2-3H2,1H3. The van der Waals surface area contributed by atoms with E-state index in [1.165, 1.54) is 12.1 Å². The van der Waals surface area contributed by atoms with Crippen LogP contribution < -0.4 is 5.32 Å². The first-order chi connectivity index (χ1) is 7.06. The zero-order chi connectivity index (χ0) is 11.0. The first-order valence-corrected chi connectivity index (χ1v) is 6.14. The number of anilines is 1. The van der Waals surface area contributed by atoms with Gasteiger partial charge in [-0.3, -0.25) is 0 Å². The maximum Gasteiger partial charge on any atom is 0.125 e. The number of hydrogen-bond donors (Lipinski definition) is 1. The van der Waals surface area contributed by atoms with Crippen LogP contribution in [-0.2, 0) is 0 Å². The Hall–Kier alpha value is -0.280. The molecule has 1 aromatic rings. The second-order valence-electron chi connectivity index (χ2n) is 4.16. The first-order valence-electron chi connectivity index (χ1n) is 4.97. The maximum absolute atomic E-state index is 13.0. The van der Waals surface area contributed by atoms with Gasteiger partial charge in [0.25, 0.3) is 0 Å². The van der Waals surface area contributed by atoms with Crippen LogP contribution >= 0.6 is 27.5 Å². The predicted octanol–water partition coefficient (Wildman–Crippen LogP) is 4.45. The van der Waals surface area contributed by atoms with Crippen molar-refractivity contribution in [3.05, 3.63) is 27.4 Å². The summed E-state index contributed by atoms with van der Waals surface area (Å²) in [7, 11) is 0. The van der Waals surface area contributed by atoms with Crippen LogP contribution in [-0.4, -0.2) is 6.04 Å². The van der Waals surface area contributed by atoms with Gasteiger partial charge in [0, 0.05) is 10.5 Å². The molecule has 0 heterocycles. The lowest BCUT2D eigenvalue weighted by atomic mass is 9.82. The molecule has 2 rings (SSSR count). The van der Waals surface area contributed by atoms with Gasteiger partial charge in [-0.15, -0.1) is 0 Å². The summed E-state index contributed by atoms with van der Waals surface area (Å²) in [5.41, 5.74) is 0.801. The topological polar surface area (TPSA) is 12.0 Å². The monoisotopic (exact) mass is 291 g/mol. The minimum absolute atomic E-state index is 0.320. The highest BCUT2D eigenvalue weighted by molar-refractivity contribution is 9.10. The molecule has 0 unspecified atom stereocenters. The van der Waals surface area contributed by atoms with Crippen molar-refractivity contribution in [2.75, 3.05) is 5.32 Å². The highest BCUT2D eigenvalue weighted by atomic mass is 79.9. The predicted molar refractivity (Wildman–Crippen MR) is 64.9 cm³/mol. The summed E-state index contributed by atoms with van der Waals surface area (Å²) >= 11 is 9.27. The number of rotatable bonds is 2. The van der Waals surface area contributed by atoms with E-state index < -0.39 is 0 Å². The van der Waals surface area contributed by atoms with Gasteiger partial charge < -0.3 is 5.32 Å². The van der Waals surface area contributed by atoms with E-state index in [0.717, 1.165) is 24.4 Å². The van der Waals surface area contributed by atoms with Crippen LogP contribution in [0.3, 0.4) is 0 Å². The van der Waals surface area contributed by atoms with Crippen LogP contribution in [0.2, 0.25) is 5.02 Å². The second-order valence-corrected chi connectivity index (χ2v) is 5.42. The number of hydrogen-bond acceptors (Lipinski definition) is 1. The van der Waals surface area contributed by atoms with Gasteiger partial charge in [0.05, 0.1) is 10.7 Å². The molecular weight excluding hydrogens is 280 g/mol. The molecule has 15 heavy (non-hydrogen) atoms. The average Bonchev–Trinajstić information content (AvgIpc) is 2.07. The molecule has 0 amide bonds. The summed E-state index contributed by atoms with van der Waals surface area (Å²) in [6.45, 7) is 2.22. The Labute approximate surface area is 102 Å². The van der Waals surface area contributed by atoms with Crippen molar-refractivity contribution < 1.29 is 4.39 Å². The van der Waals surface area contributed by atoms with Crippen LogP contribution in [0.4, 0.5) is 10.1 Å². The molecule has 0 bridgehead atoms. The number of benzene rings is 1. The molecule has 1 nitrogen and oxygen atoms in total. The van der Waals surface area contributed by atoms with Gasteiger partial charge in [-0.25, -0.2) is 4.39 Å². The Morgan fingerprint density at radius 1 is 1.47 bits per heavy atom. The third-order valence-corrected chi connectivity index (χ3v) is 3.65. The van der Waals surface area contributed by atoms with E-state index in [9.17, 15) is 4.39 Å². The van der Waals surface area contributed by atoms with Crippen LogP contribution in [0, 0.1) is 11.7 Å². The van der Waals surface area contributed by atoms with Gasteiger partial charge in [0.1, 0.15) is 5.82 Å². The lowest BCUT2D eigenvalue weighted by Crippen LogP contribution is -2.33. The van der Waals surface area contributed by atoms with Crippen molar-refractivity contribution in [2.45, 2.75) is 25.8 Å². The normalized spacial score (nSPS) is 24.8. The van der Waals surface area contributed by atoms with Gasteiger partial charge in [-0.05, 0) is 46.8 Å². The molecule has 1 fully saturated rings. The second kappa shape index (κ2) is 4.30. The van der Waals surface area contributed by atoms with E-state index in [-0.39, 0.29) is 5.82 Å². The molecule has 0 spiro atoms. The Morgan fingerprint density at radius 2 is 2.13 bits per heavy atom. The third-order valence-electron chi connectivity index (χ3n) is 2.73. The largest absolute Gasteiger partial charge is 0.380 e. The van der Waals surface area contributed by atoms with Gasteiger partial charge in [-0.1, -0.05) is 18.5 Å². The molecule has 0 atom stereocenters. The lowest BCUT2D eigenvalue weighted by molar-refractivity contribution is 0.309. The summed E-state index contributed by atoms with van der Waals surface area (Å²) in [5, 5.41) is 3.76. The quantitative estimate of drug-likeness (QED) is 0.849. The summed E-state index contributed by atoms with van der Waals surface area (Å²) < 4.78 is 13.6. The van der Waals surface area contributed by atoms with Gasteiger partial charge in [-0.2, -0.15) is 0 Å². The summed E-state index contributed by atoms with van der Waals surface area (Å²) in [4.78, 5) is 0. The van der Waals surface area contributed by atoms with Crippen molar-refractivity contribution in [2.24, 2.45) is 5.92 Å². The summed E-state index contributed by atoms with van der Waals surface area (Å²) in [6.07, 6.45) is 2.31. The molecule has 1 aliphatic carbocycles. The zero-order valence-electron chi connectivity index (χ0n) is 8.36. The highest BCUT2D eigenvalue weighted by Gasteiger charge is 2.26. The van der Waals surface area contributed by atoms with E-state index in [1.807, 2.05) is 0 Å². The molecule has 0 aliphatic heterocycles. The molecular formula is C11H12BrClFN. The van der Waals surface area contributed by atoms with Crippen molar-refractivity contribution in [3.63, 3.8) is 0 Å². The Kier molecular flexibility index (Phi) is 3.21. The molecule has 1 N–H and O–H groups in total. The molecule has 0 aromatic heterocycles.